The van der Waals surface area contributed by atoms with Gasteiger partial charge in [-0.2, -0.15) is 0 Å². The van der Waals surface area contributed by atoms with Gasteiger partial charge in [0.1, 0.15) is 5.03 Å². The number of hydrogen-bond donors (Lipinski definition) is 1. The first-order valence-corrected chi connectivity index (χ1v) is 10.7. The predicted octanol–water partition coefficient (Wildman–Crippen LogP) is 3.32. The van der Waals surface area contributed by atoms with Gasteiger partial charge < -0.3 is 15.0 Å². The number of hydrogen-bond acceptors (Lipinski definition) is 5. The summed E-state index contributed by atoms with van der Waals surface area (Å²) in [7, 11) is 0. The van der Waals surface area contributed by atoms with Crippen LogP contribution < -0.4 is 10.2 Å². The zero-order valence-corrected chi connectivity index (χ0v) is 17.4. The Morgan fingerprint density at radius 2 is 1.93 bits per heavy atom. The first-order chi connectivity index (χ1) is 14.0. The number of amides is 3. The molecule has 1 N–H and O–H groups in total. The second-order valence-corrected chi connectivity index (χ2v) is 8.23. The lowest BCUT2D eigenvalue weighted by atomic mass is 10.1. The van der Waals surface area contributed by atoms with Crippen LogP contribution in [0, 0.1) is 13.8 Å². The predicted molar refractivity (Wildman–Crippen MR) is 114 cm³/mol. The second-order valence-electron chi connectivity index (χ2n) is 7.15. The highest BCUT2D eigenvalue weighted by Gasteiger charge is 2.26. The van der Waals surface area contributed by atoms with Crippen molar-refractivity contribution in [1.29, 1.82) is 0 Å². The van der Waals surface area contributed by atoms with Crippen LogP contribution in [-0.2, 0) is 4.74 Å². The molecular weight excluding hydrogens is 388 g/mol. The number of nitrogens with one attached hydrogen (secondary N) is 1. The minimum atomic E-state index is -0.212. The summed E-state index contributed by atoms with van der Waals surface area (Å²) in [6.07, 6.45) is 0. The fraction of sp³-hybridized carbons (Fsp3) is 0.381. The molecule has 1 fully saturated rings. The molecule has 0 unspecified atom stereocenters. The number of urea groups is 1. The minimum Gasteiger partial charge on any atom is -0.378 e. The van der Waals surface area contributed by atoms with Crippen molar-refractivity contribution in [2.24, 2.45) is 0 Å². The van der Waals surface area contributed by atoms with Crippen molar-refractivity contribution in [1.82, 2.24) is 9.88 Å². The quantitative estimate of drug-likeness (QED) is 0.819. The molecule has 0 radical (unpaired) electrons. The average Bonchev–Trinajstić information content (AvgIpc) is 2.73. The fourth-order valence-corrected chi connectivity index (χ4v) is 4.73. The van der Waals surface area contributed by atoms with Crippen LogP contribution in [0.15, 0.2) is 35.4 Å². The van der Waals surface area contributed by atoms with E-state index in [-0.39, 0.29) is 11.9 Å². The van der Waals surface area contributed by atoms with E-state index in [1.807, 2.05) is 19.9 Å². The summed E-state index contributed by atoms with van der Waals surface area (Å²) in [4.78, 5) is 33.8. The Morgan fingerprint density at radius 3 is 2.72 bits per heavy atom. The van der Waals surface area contributed by atoms with Crippen LogP contribution >= 0.6 is 11.8 Å². The van der Waals surface area contributed by atoms with E-state index >= 15 is 0 Å². The SMILES string of the molecule is Cc1cc(C)c2c(n1)SCCN2C(=O)Nc1cccc(C(=O)N2CCOCC2)c1. The van der Waals surface area contributed by atoms with E-state index in [0.717, 1.165) is 27.7 Å². The number of ether oxygens (including phenoxy) is 1. The third-order valence-corrected chi connectivity index (χ3v) is 5.95. The number of anilines is 2. The third-order valence-electron chi connectivity index (χ3n) is 5.01. The van der Waals surface area contributed by atoms with E-state index < -0.39 is 0 Å². The van der Waals surface area contributed by atoms with Gasteiger partial charge in [-0.3, -0.25) is 9.69 Å². The third kappa shape index (κ3) is 4.23. The lowest BCUT2D eigenvalue weighted by molar-refractivity contribution is 0.0303. The van der Waals surface area contributed by atoms with Gasteiger partial charge in [0.25, 0.3) is 5.91 Å². The van der Waals surface area contributed by atoms with E-state index in [1.54, 1.807) is 45.8 Å². The summed E-state index contributed by atoms with van der Waals surface area (Å²) in [5, 5.41) is 3.84. The van der Waals surface area contributed by atoms with Crippen LogP contribution in [0.4, 0.5) is 16.2 Å². The maximum Gasteiger partial charge on any atom is 0.326 e. The maximum absolute atomic E-state index is 13.0. The molecule has 1 aromatic heterocycles. The number of carbonyl (C=O) groups excluding carboxylic acids is 2. The van der Waals surface area contributed by atoms with Gasteiger partial charge in [0.15, 0.2) is 0 Å². The Kier molecular flexibility index (Phi) is 5.73. The van der Waals surface area contributed by atoms with Gasteiger partial charge in [0.2, 0.25) is 0 Å². The molecule has 0 atom stereocenters. The van der Waals surface area contributed by atoms with Gasteiger partial charge in [-0.15, -0.1) is 11.8 Å². The Hall–Kier alpha value is -2.58. The van der Waals surface area contributed by atoms with Crippen molar-refractivity contribution < 1.29 is 14.3 Å². The molecule has 2 aliphatic rings. The van der Waals surface area contributed by atoms with Gasteiger partial charge in [-0.1, -0.05) is 6.07 Å². The van der Waals surface area contributed by atoms with E-state index in [9.17, 15) is 9.59 Å². The van der Waals surface area contributed by atoms with Crippen molar-refractivity contribution in [3.63, 3.8) is 0 Å². The lowest BCUT2D eigenvalue weighted by Crippen LogP contribution is -2.41. The zero-order valence-electron chi connectivity index (χ0n) is 16.6. The number of thioether (sulfide) groups is 1. The maximum atomic E-state index is 13.0. The fourth-order valence-electron chi connectivity index (χ4n) is 3.64. The largest absolute Gasteiger partial charge is 0.378 e. The van der Waals surface area contributed by atoms with Crippen molar-refractivity contribution >= 4 is 35.1 Å². The molecule has 3 amide bonds. The Bertz CT molecular complexity index is 944. The summed E-state index contributed by atoms with van der Waals surface area (Å²) in [6.45, 7) is 6.86. The topological polar surface area (TPSA) is 74.8 Å². The van der Waals surface area contributed by atoms with Gasteiger partial charge in [-0.25, -0.2) is 9.78 Å². The molecule has 1 saturated heterocycles. The summed E-state index contributed by atoms with van der Waals surface area (Å²) in [6, 6.07) is 8.88. The van der Waals surface area contributed by atoms with E-state index in [0.29, 0.717) is 44.1 Å². The number of rotatable bonds is 2. The number of morpholine rings is 1. The highest BCUT2D eigenvalue weighted by molar-refractivity contribution is 7.99. The van der Waals surface area contributed by atoms with Gasteiger partial charge >= 0.3 is 6.03 Å². The van der Waals surface area contributed by atoms with E-state index in [2.05, 4.69) is 10.3 Å². The molecule has 152 valence electrons. The molecule has 3 heterocycles. The molecule has 4 rings (SSSR count). The number of pyridine rings is 1. The van der Waals surface area contributed by atoms with Crippen LogP contribution in [0.1, 0.15) is 21.6 Å². The van der Waals surface area contributed by atoms with Crippen LogP contribution in [-0.4, -0.2) is 60.4 Å². The highest BCUT2D eigenvalue weighted by Crippen LogP contribution is 2.36. The van der Waals surface area contributed by atoms with E-state index in [1.165, 1.54) is 0 Å². The Morgan fingerprint density at radius 1 is 1.14 bits per heavy atom. The van der Waals surface area contributed by atoms with Crippen LogP contribution in [0.2, 0.25) is 0 Å². The molecule has 2 aromatic rings. The molecule has 0 aliphatic carbocycles. The molecule has 0 spiro atoms. The van der Waals surface area contributed by atoms with Crippen molar-refractivity contribution in [2.45, 2.75) is 18.9 Å². The van der Waals surface area contributed by atoms with E-state index in [4.69, 9.17) is 4.74 Å². The standard InChI is InChI=1S/C21H24N4O3S/c1-14-12-15(2)22-19-18(14)25(8-11-29-19)21(27)23-17-5-3-4-16(13-17)20(26)24-6-9-28-10-7-24/h3-5,12-13H,6-11H2,1-2H3,(H,23,27). The summed E-state index contributed by atoms with van der Waals surface area (Å²) >= 11 is 1.67. The summed E-state index contributed by atoms with van der Waals surface area (Å²) in [5.41, 5.74) is 4.01. The summed E-state index contributed by atoms with van der Waals surface area (Å²) in [5.74, 6) is 0.755. The van der Waals surface area contributed by atoms with Crippen LogP contribution in [0.3, 0.4) is 0 Å². The molecule has 0 bridgehead atoms. The minimum absolute atomic E-state index is 0.0420. The highest BCUT2D eigenvalue weighted by atomic mass is 32.2. The normalized spacial score (nSPS) is 16.3. The average molecular weight is 413 g/mol. The number of benzene rings is 1. The molecule has 7 nitrogen and oxygen atoms in total. The van der Waals surface area contributed by atoms with Crippen molar-refractivity contribution in [3.05, 3.63) is 47.2 Å². The second kappa shape index (κ2) is 8.42. The number of aryl methyl sites for hydroxylation is 2. The van der Waals surface area contributed by atoms with Crippen LogP contribution in [0.5, 0.6) is 0 Å². The molecule has 1 aromatic carbocycles. The first kappa shape index (κ1) is 19.7. The number of fused-ring (bicyclic) bond motifs is 1. The number of nitrogens with zero attached hydrogens (tertiary/aromatic N) is 3. The number of carbonyl (C=O) groups is 2. The van der Waals surface area contributed by atoms with Gasteiger partial charge in [-0.05, 0) is 43.7 Å². The van der Waals surface area contributed by atoms with Gasteiger partial charge in [0.05, 0.1) is 18.9 Å². The lowest BCUT2D eigenvalue weighted by Gasteiger charge is -2.30. The number of aromatic nitrogens is 1. The van der Waals surface area contributed by atoms with Crippen molar-refractivity contribution in [3.8, 4) is 0 Å². The molecular formula is C21H24N4O3S. The first-order valence-electron chi connectivity index (χ1n) is 9.69. The molecule has 8 heteroatoms. The van der Waals surface area contributed by atoms with Gasteiger partial charge in [0, 0.05) is 42.3 Å². The molecule has 2 aliphatic heterocycles. The smallest absolute Gasteiger partial charge is 0.326 e. The van der Waals surface area contributed by atoms with Crippen LogP contribution in [0.25, 0.3) is 0 Å². The van der Waals surface area contributed by atoms with Crippen molar-refractivity contribution in [2.75, 3.05) is 48.8 Å². The monoisotopic (exact) mass is 412 g/mol. The molecule has 29 heavy (non-hydrogen) atoms. The zero-order chi connectivity index (χ0) is 20.4. The Balaban J connectivity index is 1.52. The molecule has 0 saturated carbocycles. The Labute approximate surface area is 174 Å². The summed E-state index contributed by atoms with van der Waals surface area (Å²) < 4.78 is 5.31.